The molecule has 1 aliphatic carbocycles. The van der Waals surface area contributed by atoms with E-state index < -0.39 is 26.4 Å². The van der Waals surface area contributed by atoms with Gasteiger partial charge in [-0.1, -0.05) is 56.4 Å². The topological polar surface area (TPSA) is 38.9 Å². The van der Waals surface area contributed by atoms with Crippen molar-refractivity contribution in [3.8, 4) is 11.3 Å². The van der Waals surface area contributed by atoms with Crippen molar-refractivity contribution < 1.29 is 38.2 Å². The van der Waals surface area contributed by atoms with E-state index in [9.17, 15) is 1.37 Å². The third kappa shape index (κ3) is 6.18. The molecule has 5 aromatic carbocycles. The fourth-order valence-electron chi connectivity index (χ4n) is 7.00. The molecule has 1 aliphatic rings. The molecule has 0 atom stereocenters. The van der Waals surface area contributed by atoms with Crippen LogP contribution in [0.2, 0.25) is 0 Å². The van der Waals surface area contributed by atoms with Gasteiger partial charge in [0, 0.05) is 57.0 Å². The van der Waals surface area contributed by atoms with E-state index in [4.69, 9.17) is 21.7 Å². The Morgan fingerprint density at radius 2 is 1.59 bits per heavy atom. The quantitative estimate of drug-likeness (QED) is 0.129. The minimum atomic E-state index is -2.38. The molecule has 0 aliphatic heterocycles. The van der Waals surface area contributed by atoms with Crippen LogP contribution in [0.1, 0.15) is 81.4 Å². The summed E-state index contributed by atoms with van der Waals surface area (Å²) in [4.78, 5) is 8.85. The Morgan fingerprint density at radius 3 is 2.35 bits per heavy atom. The van der Waals surface area contributed by atoms with Crippen molar-refractivity contribution in [2.45, 2.75) is 66.0 Å². The standard InChI is InChI=1S/C32H28NO.C13H12N.Ir/c1-19-18-33-31-23-10-5-4-8-21(23)24-17-28-25(22-9-6-7-11-27(22)34-28)16-26(24)30(31)29(19)20-12-14-32(2,3)15-13-20;1-10-3-6-12(7-4-10)13-8-5-11(2)9-14-13;/h4-9,11,16-18,20H,12-15H2,1-3H3;3-6,8-9H,1-2H3;/q2*-1;/i1D3,20D;1D3,2D3;. The number of hydrogen-bond donors (Lipinski definition) is 0. The molecule has 0 spiro atoms. The van der Waals surface area contributed by atoms with Crippen LogP contribution in [-0.2, 0) is 20.1 Å². The van der Waals surface area contributed by atoms with Crippen molar-refractivity contribution in [1.29, 1.82) is 0 Å². The van der Waals surface area contributed by atoms with Crippen molar-refractivity contribution in [3.05, 3.63) is 132 Å². The van der Waals surface area contributed by atoms with Crippen LogP contribution in [0, 0.1) is 38.1 Å². The van der Waals surface area contributed by atoms with Crippen LogP contribution in [0.4, 0.5) is 0 Å². The Kier molecular flexibility index (Phi) is 6.21. The number of aromatic nitrogens is 2. The summed E-state index contributed by atoms with van der Waals surface area (Å²) < 4.78 is 85.0. The molecule has 0 N–H and O–H groups in total. The van der Waals surface area contributed by atoms with E-state index in [1.807, 2.05) is 36.4 Å². The third-order valence-electron chi connectivity index (χ3n) is 9.66. The maximum Gasteiger partial charge on any atom is 0.135 e. The Balaban J connectivity index is 0.000000214. The van der Waals surface area contributed by atoms with Crippen LogP contribution in [0.15, 0.2) is 102 Å². The molecule has 9 rings (SSSR count). The number of nitrogens with zero attached hydrogens (tertiary/aromatic N) is 2. The molecule has 3 nitrogen and oxygen atoms in total. The number of pyridine rings is 2. The summed E-state index contributed by atoms with van der Waals surface area (Å²) in [6, 6.07) is 31.9. The molecular formula is C45H40IrN2O-2. The van der Waals surface area contributed by atoms with Gasteiger partial charge in [0.25, 0.3) is 0 Å². The largest absolute Gasteiger partial charge is 0.456 e. The monoisotopic (exact) mass is 827 g/mol. The van der Waals surface area contributed by atoms with Gasteiger partial charge < -0.3 is 14.4 Å². The molecular weight excluding hydrogens is 777 g/mol. The van der Waals surface area contributed by atoms with Gasteiger partial charge in [0.15, 0.2) is 0 Å². The van der Waals surface area contributed by atoms with Gasteiger partial charge in [-0.2, -0.15) is 0 Å². The van der Waals surface area contributed by atoms with E-state index in [0.29, 0.717) is 35.2 Å². The smallest absolute Gasteiger partial charge is 0.135 e. The molecule has 4 heteroatoms. The number of furan rings is 1. The van der Waals surface area contributed by atoms with Crippen LogP contribution in [0.3, 0.4) is 0 Å². The molecule has 0 bridgehead atoms. The Morgan fingerprint density at radius 1 is 0.776 bits per heavy atom. The SMILES string of the molecule is [2H]C([2H])([2H])c1c[c-]c(-c2ccc(C([2H])([2H])[2H])cn2)cc1.[2H]C([2H])([2H])c1cnc2c3[c-]cccc3c3cc4oc5ccccc5c4cc3c2c1C1([2H])CCC(C)(C)CC1.[Ir]. The second-order valence-corrected chi connectivity index (χ2v) is 13.4. The normalized spacial score (nSPS) is 19.1. The summed E-state index contributed by atoms with van der Waals surface area (Å²) in [6.07, 6.45) is 5.75. The number of para-hydroxylation sites is 1. The van der Waals surface area contributed by atoms with Gasteiger partial charge in [0.2, 0.25) is 0 Å². The van der Waals surface area contributed by atoms with Crippen LogP contribution in [-0.4, -0.2) is 9.97 Å². The van der Waals surface area contributed by atoms with Gasteiger partial charge in [-0.05, 0) is 113 Å². The minimum absolute atomic E-state index is 0. The van der Waals surface area contributed by atoms with E-state index in [2.05, 4.69) is 49.2 Å². The molecule has 3 aromatic heterocycles. The fraction of sp³-hybridized carbons (Fsp3) is 0.244. The maximum atomic E-state index is 9.78. The molecule has 0 amide bonds. The Bertz CT molecular complexity index is 2780. The predicted octanol–water partition coefficient (Wildman–Crippen LogP) is 12.4. The first-order valence-electron chi connectivity index (χ1n) is 21.2. The average Bonchev–Trinajstić information content (AvgIpc) is 3.55. The number of benzene rings is 5. The zero-order chi connectivity index (χ0) is 41.4. The van der Waals surface area contributed by atoms with Crippen molar-refractivity contribution in [2.24, 2.45) is 5.41 Å². The molecule has 8 aromatic rings. The number of aryl methyl sites for hydroxylation is 3. The van der Waals surface area contributed by atoms with Crippen molar-refractivity contribution in [2.75, 3.05) is 0 Å². The van der Waals surface area contributed by atoms with E-state index in [-0.39, 0.29) is 42.2 Å². The summed E-state index contributed by atoms with van der Waals surface area (Å²) in [7, 11) is 0. The fourth-order valence-corrected chi connectivity index (χ4v) is 7.00. The molecule has 0 unspecified atom stereocenters. The summed E-state index contributed by atoms with van der Waals surface area (Å²) in [5.41, 5.74) is 4.78. The second-order valence-electron chi connectivity index (χ2n) is 13.4. The van der Waals surface area contributed by atoms with Crippen LogP contribution >= 0.6 is 0 Å². The van der Waals surface area contributed by atoms with E-state index >= 15 is 0 Å². The first-order chi connectivity index (χ1) is 27.2. The minimum Gasteiger partial charge on any atom is -0.456 e. The zero-order valence-corrected chi connectivity index (χ0v) is 29.6. The van der Waals surface area contributed by atoms with Crippen LogP contribution in [0.25, 0.3) is 65.6 Å². The molecule has 1 saturated carbocycles. The molecule has 1 radical (unpaired) electrons. The van der Waals surface area contributed by atoms with E-state index in [1.165, 1.54) is 30.6 Å². The van der Waals surface area contributed by atoms with Crippen molar-refractivity contribution in [3.63, 3.8) is 0 Å². The molecule has 247 valence electrons. The summed E-state index contributed by atoms with van der Waals surface area (Å²) in [5.74, 6) is -1.02. The summed E-state index contributed by atoms with van der Waals surface area (Å²) in [6.45, 7) is -2.25. The average molecular weight is 827 g/mol. The third-order valence-corrected chi connectivity index (χ3v) is 9.66. The number of hydrogen-bond acceptors (Lipinski definition) is 3. The summed E-state index contributed by atoms with van der Waals surface area (Å²) in [5, 5.41) is 6.45. The molecule has 0 saturated heterocycles. The van der Waals surface area contributed by atoms with Crippen molar-refractivity contribution in [1.82, 2.24) is 9.97 Å². The first-order valence-corrected chi connectivity index (χ1v) is 16.2. The summed E-state index contributed by atoms with van der Waals surface area (Å²) >= 11 is 0. The van der Waals surface area contributed by atoms with Crippen LogP contribution < -0.4 is 0 Å². The number of rotatable bonds is 2. The van der Waals surface area contributed by atoms with Gasteiger partial charge >= 0.3 is 0 Å². The van der Waals surface area contributed by atoms with Crippen LogP contribution in [0.5, 0.6) is 0 Å². The Labute approximate surface area is 316 Å². The molecule has 49 heavy (non-hydrogen) atoms. The van der Waals surface area contributed by atoms with Gasteiger partial charge in [0.1, 0.15) is 11.2 Å². The Hall–Kier alpha value is -4.37. The zero-order valence-electron chi connectivity index (χ0n) is 37.2. The van der Waals surface area contributed by atoms with E-state index in [0.717, 1.165) is 61.7 Å². The maximum absolute atomic E-state index is 9.78. The van der Waals surface area contributed by atoms with Gasteiger partial charge in [-0.3, -0.25) is 0 Å². The second kappa shape index (κ2) is 13.2. The van der Waals surface area contributed by atoms with Gasteiger partial charge in [-0.25, -0.2) is 0 Å². The van der Waals surface area contributed by atoms with Gasteiger partial charge in [0.05, 0.1) is 0 Å². The van der Waals surface area contributed by atoms with Crippen molar-refractivity contribution >= 4 is 54.4 Å². The predicted molar refractivity (Wildman–Crippen MR) is 201 cm³/mol. The molecule has 3 heterocycles. The van der Waals surface area contributed by atoms with E-state index in [1.54, 1.807) is 12.1 Å². The first kappa shape index (κ1) is 23.1. The number of fused-ring (bicyclic) bond motifs is 9. The van der Waals surface area contributed by atoms with Gasteiger partial charge in [-0.15, -0.1) is 65.0 Å². The molecule has 1 fully saturated rings.